The Labute approximate surface area is 111 Å². The molecule has 0 spiro atoms. The van der Waals surface area contributed by atoms with Gasteiger partial charge in [0.25, 0.3) is 0 Å². The van der Waals surface area contributed by atoms with Crippen molar-refractivity contribution in [1.29, 1.82) is 0 Å². The number of rotatable bonds is 4. The smallest absolute Gasteiger partial charge is 0.0442 e. The third-order valence-electron chi connectivity index (χ3n) is 3.33. The lowest BCUT2D eigenvalue weighted by molar-refractivity contribution is 0.433. The topological polar surface area (TPSA) is 3.24 Å². The van der Waals surface area contributed by atoms with Gasteiger partial charge in [-0.25, -0.2) is 0 Å². The maximum absolute atomic E-state index is 2.47. The average Bonchev–Trinajstić information content (AvgIpc) is 2.39. The van der Waals surface area contributed by atoms with Crippen LogP contribution in [-0.2, 0) is 0 Å². The highest BCUT2D eigenvalue weighted by molar-refractivity contribution is 5.67. The molecule has 1 heterocycles. The normalized spacial score (nSPS) is 15.7. The lowest BCUT2D eigenvalue weighted by atomic mass is 9.98. The monoisotopic (exact) mass is 241 g/mol. The van der Waals surface area contributed by atoms with Crippen molar-refractivity contribution in [3.63, 3.8) is 0 Å². The Morgan fingerprint density at radius 3 is 2.44 bits per heavy atom. The van der Waals surface area contributed by atoms with Crippen molar-refractivity contribution in [2.24, 2.45) is 5.92 Å². The van der Waals surface area contributed by atoms with E-state index in [1.807, 2.05) is 0 Å². The molecular formula is C17H23N. The van der Waals surface area contributed by atoms with Crippen LogP contribution in [0.1, 0.15) is 32.8 Å². The first-order chi connectivity index (χ1) is 8.70. The highest BCUT2D eigenvalue weighted by atomic mass is 15.1. The van der Waals surface area contributed by atoms with E-state index in [4.69, 9.17) is 0 Å². The van der Waals surface area contributed by atoms with Gasteiger partial charge in [-0.05, 0) is 30.9 Å². The number of hydrogen-bond donors (Lipinski definition) is 0. The zero-order valence-corrected chi connectivity index (χ0v) is 11.7. The van der Waals surface area contributed by atoms with Crippen LogP contribution in [0.25, 0.3) is 5.70 Å². The van der Waals surface area contributed by atoms with E-state index in [-0.39, 0.29) is 0 Å². The molecule has 0 amide bonds. The second kappa shape index (κ2) is 5.90. The van der Waals surface area contributed by atoms with Crippen molar-refractivity contribution in [3.8, 4) is 0 Å². The van der Waals surface area contributed by atoms with E-state index in [0.717, 1.165) is 19.0 Å². The Bertz CT molecular complexity index is 440. The summed E-state index contributed by atoms with van der Waals surface area (Å²) in [5.74, 6) is 0.738. The minimum atomic E-state index is 0.738. The van der Waals surface area contributed by atoms with Crippen LogP contribution in [0.4, 0.5) is 0 Å². The predicted molar refractivity (Wildman–Crippen MR) is 79.2 cm³/mol. The molecule has 18 heavy (non-hydrogen) atoms. The minimum Gasteiger partial charge on any atom is -0.367 e. The van der Waals surface area contributed by atoms with E-state index in [1.54, 1.807) is 5.57 Å². The summed E-state index contributed by atoms with van der Waals surface area (Å²) in [5, 5.41) is 0. The number of allylic oxidation sites excluding steroid dienone is 2. The summed E-state index contributed by atoms with van der Waals surface area (Å²) in [5.41, 5.74) is 4.22. The Morgan fingerprint density at radius 2 is 1.83 bits per heavy atom. The molecule has 2 rings (SSSR count). The van der Waals surface area contributed by atoms with Gasteiger partial charge < -0.3 is 4.90 Å². The van der Waals surface area contributed by atoms with Gasteiger partial charge in [-0.2, -0.15) is 0 Å². The molecule has 0 N–H and O–H groups in total. The van der Waals surface area contributed by atoms with Gasteiger partial charge in [0.1, 0.15) is 0 Å². The molecule has 0 unspecified atom stereocenters. The molecule has 1 nitrogen and oxygen atoms in total. The molecule has 0 radical (unpaired) electrons. The number of nitrogens with zero attached hydrogens (tertiary/aromatic N) is 1. The van der Waals surface area contributed by atoms with Crippen LogP contribution in [0, 0.1) is 5.92 Å². The van der Waals surface area contributed by atoms with Crippen LogP contribution in [0.15, 0.2) is 48.1 Å². The van der Waals surface area contributed by atoms with E-state index in [0.29, 0.717) is 0 Å². The molecule has 0 saturated heterocycles. The average molecular weight is 241 g/mol. The molecule has 0 saturated carbocycles. The molecule has 0 fully saturated rings. The Kier molecular flexibility index (Phi) is 4.24. The van der Waals surface area contributed by atoms with E-state index in [9.17, 15) is 0 Å². The summed E-state index contributed by atoms with van der Waals surface area (Å²) in [7, 11) is 0. The first kappa shape index (κ1) is 12.9. The van der Waals surface area contributed by atoms with Gasteiger partial charge in [0.2, 0.25) is 0 Å². The van der Waals surface area contributed by atoms with E-state index >= 15 is 0 Å². The molecular weight excluding hydrogens is 218 g/mol. The summed E-state index contributed by atoms with van der Waals surface area (Å²) >= 11 is 0. The van der Waals surface area contributed by atoms with Crippen molar-refractivity contribution < 1.29 is 0 Å². The predicted octanol–water partition coefficient (Wildman–Crippen LogP) is 4.34. The first-order valence-electron chi connectivity index (χ1n) is 6.90. The Hall–Kier alpha value is -1.50. The lowest BCUT2D eigenvalue weighted by Gasteiger charge is -2.31. The van der Waals surface area contributed by atoms with Crippen LogP contribution < -0.4 is 0 Å². The summed E-state index contributed by atoms with van der Waals surface area (Å²) in [6, 6.07) is 10.7. The third kappa shape index (κ3) is 3.04. The third-order valence-corrected chi connectivity index (χ3v) is 3.33. The number of benzene rings is 1. The van der Waals surface area contributed by atoms with E-state index < -0.39 is 0 Å². The van der Waals surface area contributed by atoms with Crippen LogP contribution in [0.5, 0.6) is 0 Å². The van der Waals surface area contributed by atoms with Crippen LogP contribution in [0.2, 0.25) is 0 Å². The summed E-state index contributed by atoms with van der Waals surface area (Å²) < 4.78 is 0. The zero-order chi connectivity index (χ0) is 13.0. The second-order valence-electron chi connectivity index (χ2n) is 5.35. The highest BCUT2D eigenvalue weighted by Gasteiger charge is 2.15. The largest absolute Gasteiger partial charge is 0.367 e. The summed E-state index contributed by atoms with van der Waals surface area (Å²) in [6.45, 7) is 8.95. The molecule has 1 aliphatic rings. The van der Waals surface area contributed by atoms with Gasteiger partial charge in [-0.3, -0.25) is 0 Å². The van der Waals surface area contributed by atoms with Crippen molar-refractivity contribution in [1.82, 2.24) is 4.90 Å². The molecule has 0 aliphatic carbocycles. The maximum Gasteiger partial charge on any atom is 0.0442 e. The van der Waals surface area contributed by atoms with Gasteiger partial charge in [-0.1, -0.05) is 55.8 Å². The number of hydrogen-bond acceptors (Lipinski definition) is 1. The first-order valence-corrected chi connectivity index (χ1v) is 6.90. The van der Waals surface area contributed by atoms with Crippen molar-refractivity contribution in [2.75, 3.05) is 13.1 Å². The van der Waals surface area contributed by atoms with Crippen molar-refractivity contribution in [2.45, 2.75) is 27.2 Å². The Morgan fingerprint density at radius 1 is 1.11 bits per heavy atom. The molecule has 1 aromatic rings. The fourth-order valence-electron chi connectivity index (χ4n) is 2.51. The summed E-state index contributed by atoms with van der Waals surface area (Å²) in [4.78, 5) is 2.47. The molecule has 1 aliphatic heterocycles. The fraction of sp³-hybridized carbons (Fsp3) is 0.412. The van der Waals surface area contributed by atoms with Gasteiger partial charge >= 0.3 is 0 Å². The fourth-order valence-corrected chi connectivity index (χ4v) is 2.51. The highest BCUT2D eigenvalue weighted by Crippen LogP contribution is 2.26. The lowest BCUT2D eigenvalue weighted by Crippen LogP contribution is -2.26. The molecule has 0 atom stereocenters. The zero-order valence-electron chi connectivity index (χ0n) is 11.7. The van der Waals surface area contributed by atoms with Crippen LogP contribution in [0.3, 0.4) is 0 Å². The van der Waals surface area contributed by atoms with Crippen molar-refractivity contribution >= 4 is 5.70 Å². The standard InChI is InChI=1S/C17H23N/c1-4-18-13-15(12-14(2)3)10-11-17(18)16-8-6-5-7-9-16/h5-11,14H,4,12-13H2,1-3H3. The van der Waals surface area contributed by atoms with Crippen LogP contribution >= 0.6 is 0 Å². The van der Waals surface area contributed by atoms with Gasteiger partial charge in [0, 0.05) is 18.8 Å². The molecule has 0 aromatic heterocycles. The molecule has 96 valence electrons. The maximum atomic E-state index is 2.47. The number of likely N-dealkylation sites (N-methyl/N-ethyl adjacent to an activating group) is 1. The van der Waals surface area contributed by atoms with Gasteiger partial charge in [0.15, 0.2) is 0 Å². The quantitative estimate of drug-likeness (QED) is 0.758. The van der Waals surface area contributed by atoms with E-state index in [2.05, 4.69) is 68.2 Å². The molecule has 1 heteroatoms. The van der Waals surface area contributed by atoms with E-state index in [1.165, 1.54) is 17.7 Å². The van der Waals surface area contributed by atoms with Crippen LogP contribution in [-0.4, -0.2) is 18.0 Å². The SMILES string of the molecule is CCN1CC(CC(C)C)=CC=C1c1ccccc1. The summed E-state index contributed by atoms with van der Waals surface area (Å²) in [6.07, 6.45) is 5.80. The molecule has 1 aromatic carbocycles. The molecule has 0 bridgehead atoms. The Balaban J connectivity index is 2.24. The van der Waals surface area contributed by atoms with Crippen molar-refractivity contribution in [3.05, 3.63) is 53.6 Å². The minimum absolute atomic E-state index is 0.738. The van der Waals surface area contributed by atoms with Gasteiger partial charge in [0.05, 0.1) is 0 Å². The second-order valence-corrected chi connectivity index (χ2v) is 5.35. The van der Waals surface area contributed by atoms with Gasteiger partial charge in [-0.15, -0.1) is 0 Å².